The summed E-state index contributed by atoms with van der Waals surface area (Å²) in [5.41, 5.74) is 8.26. The summed E-state index contributed by atoms with van der Waals surface area (Å²) in [5, 5.41) is 0.835. The fourth-order valence-electron chi connectivity index (χ4n) is 3.38. The van der Waals surface area contributed by atoms with E-state index in [4.69, 9.17) is 17.4 Å². The number of fused-ring (bicyclic) bond motifs is 1. The van der Waals surface area contributed by atoms with Gasteiger partial charge in [0.25, 0.3) is 0 Å². The third-order valence-electron chi connectivity index (χ3n) is 4.53. The van der Waals surface area contributed by atoms with Gasteiger partial charge in [0.1, 0.15) is 0 Å². The maximum Gasteiger partial charge on any atom is 0.0441 e. The summed E-state index contributed by atoms with van der Waals surface area (Å²) in [7, 11) is 0. The van der Waals surface area contributed by atoms with Crippen LogP contribution < -0.4 is 11.3 Å². The molecule has 2 aromatic carbocycles. The Morgan fingerprint density at radius 3 is 2.86 bits per heavy atom. The predicted octanol–water partition coefficient (Wildman–Crippen LogP) is 3.75. The fraction of sp³-hybridized carbons (Fsp3) is 0.333. The molecule has 0 saturated carbocycles. The Bertz CT molecular complexity index is 639. The minimum atomic E-state index is 0.217. The molecule has 21 heavy (non-hydrogen) atoms. The Hall–Kier alpha value is -1.35. The Morgan fingerprint density at radius 2 is 2.10 bits per heavy atom. The van der Waals surface area contributed by atoms with E-state index in [1.807, 2.05) is 6.07 Å². The molecule has 0 aliphatic heterocycles. The van der Waals surface area contributed by atoms with Gasteiger partial charge in [-0.3, -0.25) is 11.3 Å². The molecule has 0 saturated heterocycles. The van der Waals surface area contributed by atoms with Gasteiger partial charge in [0, 0.05) is 17.0 Å². The molecule has 0 fully saturated rings. The summed E-state index contributed by atoms with van der Waals surface area (Å²) in [6.07, 6.45) is 3.15. The zero-order chi connectivity index (χ0) is 14.8. The highest BCUT2D eigenvalue weighted by atomic mass is 35.5. The van der Waals surface area contributed by atoms with Crippen molar-refractivity contribution in [1.82, 2.24) is 5.43 Å². The molecule has 0 radical (unpaired) electrons. The Kier molecular flexibility index (Phi) is 4.29. The largest absolute Gasteiger partial charge is 0.271 e. The van der Waals surface area contributed by atoms with Crippen LogP contribution in [0.5, 0.6) is 0 Å². The van der Waals surface area contributed by atoms with Crippen molar-refractivity contribution in [2.75, 3.05) is 0 Å². The molecule has 0 spiro atoms. The van der Waals surface area contributed by atoms with Crippen molar-refractivity contribution in [3.05, 3.63) is 69.7 Å². The van der Waals surface area contributed by atoms with Crippen molar-refractivity contribution >= 4 is 11.6 Å². The van der Waals surface area contributed by atoms with Crippen LogP contribution in [-0.4, -0.2) is 6.04 Å². The molecule has 0 bridgehead atoms. The van der Waals surface area contributed by atoms with Gasteiger partial charge in [-0.15, -0.1) is 0 Å². The number of benzene rings is 2. The topological polar surface area (TPSA) is 38.0 Å². The molecule has 2 unspecified atom stereocenters. The molecule has 1 aliphatic carbocycles. The number of nitrogens with two attached hydrogens (primary N) is 1. The van der Waals surface area contributed by atoms with Crippen LogP contribution in [-0.2, 0) is 12.8 Å². The quantitative estimate of drug-likeness (QED) is 0.666. The van der Waals surface area contributed by atoms with Gasteiger partial charge < -0.3 is 0 Å². The first-order valence-corrected chi connectivity index (χ1v) is 7.86. The second-order valence-corrected chi connectivity index (χ2v) is 6.32. The van der Waals surface area contributed by atoms with Crippen molar-refractivity contribution in [2.45, 2.75) is 38.1 Å². The molecule has 3 rings (SSSR count). The van der Waals surface area contributed by atoms with E-state index in [1.54, 1.807) is 0 Å². The predicted molar refractivity (Wildman–Crippen MR) is 88.5 cm³/mol. The second kappa shape index (κ2) is 6.18. The zero-order valence-electron chi connectivity index (χ0n) is 12.3. The first kappa shape index (κ1) is 14.6. The van der Waals surface area contributed by atoms with Crippen molar-refractivity contribution < 1.29 is 0 Å². The molecule has 2 atom stereocenters. The maximum atomic E-state index is 6.37. The third-order valence-corrected chi connectivity index (χ3v) is 4.88. The lowest BCUT2D eigenvalue weighted by molar-refractivity contribution is 0.434. The molecule has 110 valence electrons. The number of hydrogen-bond donors (Lipinski definition) is 2. The Balaban J connectivity index is 1.83. The molecule has 3 N–H and O–H groups in total. The van der Waals surface area contributed by atoms with Crippen molar-refractivity contribution in [1.29, 1.82) is 0 Å². The van der Waals surface area contributed by atoms with E-state index in [0.717, 1.165) is 29.8 Å². The van der Waals surface area contributed by atoms with Crippen molar-refractivity contribution in [3.8, 4) is 0 Å². The van der Waals surface area contributed by atoms with Gasteiger partial charge in [-0.2, -0.15) is 0 Å². The second-order valence-electron chi connectivity index (χ2n) is 5.92. The highest BCUT2D eigenvalue weighted by molar-refractivity contribution is 6.31. The van der Waals surface area contributed by atoms with Crippen LogP contribution in [0.4, 0.5) is 0 Å². The van der Waals surface area contributed by atoms with E-state index in [-0.39, 0.29) is 6.04 Å². The van der Waals surface area contributed by atoms with E-state index in [1.165, 1.54) is 16.7 Å². The van der Waals surface area contributed by atoms with Crippen LogP contribution in [0.15, 0.2) is 42.5 Å². The van der Waals surface area contributed by atoms with Gasteiger partial charge in [-0.1, -0.05) is 48.0 Å². The van der Waals surface area contributed by atoms with Crippen LogP contribution in [0.2, 0.25) is 5.02 Å². The first-order chi connectivity index (χ1) is 10.2. The van der Waals surface area contributed by atoms with E-state index in [0.29, 0.717) is 5.92 Å². The lowest BCUT2D eigenvalue weighted by Crippen LogP contribution is -2.40. The molecule has 0 aromatic heterocycles. The lowest BCUT2D eigenvalue weighted by atomic mass is 9.89. The summed E-state index contributed by atoms with van der Waals surface area (Å²) in [6, 6.07) is 15.1. The van der Waals surface area contributed by atoms with Crippen molar-refractivity contribution in [2.24, 2.45) is 5.84 Å². The molecular weight excluding hydrogens is 280 g/mol. The number of rotatable bonds is 4. The lowest BCUT2D eigenvalue weighted by Gasteiger charge is -2.24. The summed E-state index contributed by atoms with van der Waals surface area (Å²) in [6.45, 7) is 2.06. The van der Waals surface area contributed by atoms with Crippen LogP contribution in [0.25, 0.3) is 0 Å². The number of aryl methyl sites for hydroxylation is 2. The van der Waals surface area contributed by atoms with Gasteiger partial charge in [-0.05, 0) is 54.5 Å². The highest BCUT2D eigenvalue weighted by Crippen LogP contribution is 2.36. The van der Waals surface area contributed by atoms with Crippen LogP contribution in [0.3, 0.4) is 0 Å². The summed E-state index contributed by atoms with van der Waals surface area (Å²) in [4.78, 5) is 0. The summed E-state index contributed by atoms with van der Waals surface area (Å²) in [5.74, 6) is 6.31. The average molecular weight is 301 g/mol. The SMILES string of the molecule is Cc1ccc(CC(NN)C2CCc3ccccc32)c(Cl)c1. The minimum Gasteiger partial charge on any atom is -0.271 e. The van der Waals surface area contributed by atoms with E-state index >= 15 is 0 Å². The number of nitrogens with one attached hydrogen (secondary N) is 1. The molecule has 2 aromatic rings. The number of hydrazine groups is 1. The van der Waals surface area contributed by atoms with Crippen molar-refractivity contribution in [3.63, 3.8) is 0 Å². The zero-order valence-corrected chi connectivity index (χ0v) is 13.0. The summed E-state index contributed by atoms with van der Waals surface area (Å²) >= 11 is 6.37. The van der Waals surface area contributed by atoms with Gasteiger partial charge >= 0.3 is 0 Å². The standard InChI is InChI=1S/C18H21ClN2/c1-12-6-7-14(17(19)10-12)11-18(21-20)16-9-8-13-4-2-3-5-15(13)16/h2-7,10,16,18,21H,8-9,11,20H2,1H3. The van der Waals surface area contributed by atoms with E-state index in [9.17, 15) is 0 Å². The fourth-order valence-corrected chi connectivity index (χ4v) is 3.69. The van der Waals surface area contributed by atoms with Crippen LogP contribution in [0, 0.1) is 6.92 Å². The maximum absolute atomic E-state index is 6.37. The van der Waals surface area contributed by atoms with Gasteiger partial charge in [-0.25, -0.2) is 0 Å². The number of halogens is 1. The average Bonchev–Trinajstić information content (AvgIpc) is 2.91. The van der Waals surface area contributed by atoms with Gasteiger partial charge in [0.05, 0.1) is 0 Å². The van der Waals surface area contributed by atoms with Gasteiger partial charge in [0.2, 0.25) is 0 Å². The van der Waals surface area contributed by atoms with Crippen LogP contribution in [0.1, 0.15) is 34.6 Å². The van der Waals surface area contributed by atoms with E-state index < -0.39 is 0 Å². The monoisotopic (exact) mass is 300 g/mol. The molecule has 0 heterocycles. The number of hydrogen-bond acceptors (Lipinski definition) is 2. The third kappa shape index (κ3) is 2.98. The molecular formula is C18H21ClN2. The summed E-state index contributed by atoms with van der Waals surface area (Å²) < 4.78 is 0. The molecule has 3 heteroatoms. The van der Waals surface area contributed by atoms with Crippen LogP contribution >= 0.6 is 11.6 Å². The van der Waals surface area contributed by atoms with Gasteiger partial charge in [0.15, 0.2) is 0 Å². The smallest absolute Gasteiger partial charge is 0.0441 e. The molecule has 0 amide bonds. The molecule has 1 aliphatic rings. The first-order valence-electron chi connectivity index (χ1n) is 7.48. The normalized spacial score (nSPS) is 18.5. The molecule has 2 nitrogen and oxygen atoms in total. The highest BCUT2D eigenvalue weighted by Gasteiger charge is 2.29. The Labute approximate surface area is 131 Å². The minimum absolute atomic E-state index is 0.217. The Morgan fingerprint density at radius 1 is 1.29 bits per heavy atom. The van der Waals surface area contributed by atoms with E-state index in [2.05, 4.69) is 48.7 Å².